The second-order valence-electron chi connectivity index (χ2n) is 13.3. The van der Waals surface area contributed by atoms with Gasteiger partial charge in [-0.3, -0.25) is 4.79 Å². The number of esters is 1. The average Bonchev–Trinajstić information content (AvgIpc) is 2.93. The van der Waals surface area contributed by atoms with E-state index in [2.05, 4.69) is 78.8 Å². The van der Waals surface area contributed by atoms with Crippen molar-refractivity contribution in [2.24, 2.45) is 23.2 Å². The molecule has 1 aliphatic carbocycles. The topological polar surface area (TPSA) is 52.6 Å². The maximum absolute atomic E-state index is 12.7. The van der Waals surface area contributed by atoms with E-state index in [0.29, 0.717) is 18.3 Å². The minimum absolute atomic E-state index is 0.0568. The Morgan fingerprint density at radius 1 is 0.976 bits per heavy atom. The SMILES string of the molecule is COC(=O)C1O[C@@H](Cc2ccc(CC(=O)/C=C(C)/C=C/C=C(C)/C=C/C3=C(C)CCCC3(C)C)cc2)C(C)[C@@H](C)[C@@H]1C. The molecule has 228 valence electrons. The van der Waals surface area contributed by atoms with E-state index in [1.807, 2.05) is 31.2 Å². The van der Waals surface area contributed by atoms with E-state index in [1.165, 1.54) is 43.1 Å². The summed E-state index contributed by atoms with van der Waals surface area (Å²) in [5.74, 6) is 0.569. The third kappa shape index (κ3) is 9.01. The van der Waals surface area contributed by atoms with Crippen molar-refractivity contribution in [1.82, 2.24) is 0 Å². The Hall–Kier alpha value is -2.98. The van der Waals surface area contributed by atoms with E-state index in [4.69, 9.17) is 9.47 Å². The van der Waals surface area contributed by atoms with E-state index in [1.54, 1.807) is 6.08 Å². The number of ether oxygens (including phenoxy) is 2. The van der Waals surface area contributed by atoms with Gasteiger partial charge in [0.2, 0.25) is 0 Å². The predicted molar refractivity (Wildman–Crippen MR) is 173 cm³/mol. The number of hydrogen-bond donors (Lipinski definition) is 0. The van der Waals surface area contributed by atoms with Gasteiger partial charge in [0.05, 0.1) is 13.2 Å². The molecule has 1 fully saturated rings. The summed E-state index contributed by atoms with van der Waals surface area (Å²) >= 11 is 0. The highest BCUT2D eigenvalue weighted by molar-refractivity contribution is 5.92. The van der Waals surface area contributed by atoms with Gasteiger partial charge in [0.1, 0.15) is 0 Å². The predicted octanol–water partition coefficient (Wildman–Crippen LogP) is 8.72. The van der Waals surface area contributed by atoms with Crippen molar-refractivity contribution in [3.8, 4) is 0 Å². The zero-order valence-corrected chi connectivity index (χ0v) is 27.3. The summed E-state index contributed by atoms with van der Waals surface area (Å²) < 4.78 is 11.2. The van der Waals surface area contributed by atoms with Crippen LogP contribution in [0.4, 0.5) is 0 Å². The van der Waals surface area contributed by atoms with Crippen LogP contribution < -0.4 is 0 Å². The molecule has 1 aromatic carbocycles. The molecule has 0 amide bonds. The van der Waals surface area contributed by atoms with E-state index in [0.717, 1.165) is 23.1 Å². The molecule has 0 N–H and O–H groups in total. The van der Waals surface area contributed by atoms with Crippen molar-refractivity contribution < 1.29 is 19.1 Å². The molecule has 4 nitrogen and oxygen atoms in total. The van der Waals surface area contributed by atoms with Crippen molar-refractivity contribution in [2.45, 2.75) is 99.7 Å². The smallest absolute Gasteiger partial charge is 0.335 e. The summed E-state index contributed by atoms with van der Waals surface area (Å²) in [6.07, 6.45) is 16.5. The minimum atomic E-state index is -0.529. The molecule has 0 saturated carbocycles. The molecule has 1 aromatic rings. The second kappa shape index (κ2) is 15.0. The van der Waals surface area contributed by atoms with Crippen LogP contribution in [0.25, 0.3) is 0 Å². The number of hydrogen-bond acceptors (Lipinski definition) is 4. The first-order chi connectivity index (χ1) is 19.8. The molecule has 3 rings (SSSR count). The molecule has 0 spiro atoms. The third-order valence-electron chi connectivity index (χ3n) is 9.48. The average molecular weight is 573 g/mol. The molecule has 2 aliphatic rings. The van der Waals surface area contributed by atoms with E-state index in [-0.39, 0.29) is 29.2 Å². The summed E-state index contributed by atoms with van der Waals surface area (Å²) in [5.41, 5.74) is 7.45. The number of carbonyl (C=O) groups excluding carboxylic acids is 2. The number of carbonyl (C=O) groups is 2. The summed E-state index contributed by atoms with van der Waals surface area (Å²) in [5, 5.41) is 0. The zero-order chi connectivity index (χ0) is 31.0. The first-order valence-electron chi connectivity index (χ1n) is 15.6. The Labute approximate surface area is 254 Å². The lowest BCUT2D eigenvalue weighted by Crippen LogP contribution is -2.49. The van der Waals surface area contributed by atoms with Crippen molar-refractivity contribution in [3.05, 3.63) is 94.1 Å². The number of rotatable bonds is 10. The monoisotopic (exact) mass is 572 g/mol. The van der Waals surface area contributed by atoms with Gasteiger partial charge in [0.25, 0.3) is 0 Å². The standard InChI is InChI=1S/C38H52O4/c1-25(15-20-34-27(3)14-11-21-38(34,7)8)12-10-13-26(2)22-33(39)23-31-16-18-32(19-17-31)24-35-29(5)28(4)30(6)36(42-35)37(40)41-9/h10,12-13,15-20,22,28-30,35-36H,11,14,21,23-24H2,1-9H3/b13-10+,20-15+,25-12+,26-22+/t28-,29?,30+,35+,36?/m1/s1. The van der Waals surface area contributed by atoms with Gasteiger partial charge >= 0.3 is 5.97 Å². The van der Waals surface area contributed by atoms with Gasteiger partial charge < -0.3 is 9.47 Å². The van der Waals surface area contributed by atoms with E-state index >= 15 is 0 Å². The van der Waals surface area contributed by atoms with Gasteiger partial charge in [-0.05, 0) is 98.0 Å². The summed E-state index contributed by atoms with van der Waals surface area (Å²) in [7, 11) is 1.41. The van der Waals surface area contributed by atoms with Crippen LogP contribution in [0, 0.1) is 23.2 Å². The van der Waals surface area contributed by atoms with Gasteiger partial charge in [-0.25, -0.2) is 4.79 Å². The van der Waals surface area contributed by atoms with Gasteiger partial charge in [0.15, 0.2) is 11.9 Å². The Bertz CT molecular complexity index is 1250. The maximum atomic E-state index is 12.7. The van der Waals surface area contributed by atoms with Crippen molar-refractivity contribution >= 4 is 11.8 Å². The van der Waals surface area contributed by atoms with Crippen molar-refractivity contribution in [2.75, 3.05) is 7.11 Å². The first-order valence-corrected chi connectivity index (χ1v) is 15.6. The van der Waals surface area contributed by atoms with E-state index in [9.17, 15) is 9.59 Å². The molecule has 42 heavy (non-hydrogen) atoms. The summed E-state index contributed by atoms with van der Waals surface area (Å²) in [4.78, 5) is 25.0. The van der Waals surface area contributed by atoms with Crippen LogP contribution in [0.5, 0.6) is 0 Å². The highest BCUT2D eigenvalue weighted by Crippen LogP contribution is 2.41. The first kappa shape index (κ1) is 33.5. The number of allylic oxidation sites excluding steroid dienone is 10. The van der Waals surface area contributed by atoms with Crippen molar-refractivity contribution in [1.29, 1.82) is 0 Å². The molecule has 4 heteroatoms. The van der Waals surface area contributed by atoms with Crippen LogP contribution in [0.3, 0.4) is 0 Å². The molecule has 1 aliphatic heterocycles. The molecule has 0 bridgehead atoms. The zero-order valence-electron chi connectivity index (χ0n) is 27.3. The molecule has 1 saturated heterocycles. The molecule has 5 atom stereocenters. The second-order valence-corrected chi connectivity index (χ2v) is 13.3. The van der Waals surface area contributed by atoms with Gasteiger partial charge in [-0.1, -0.05) is 100 Å². The molecule has 0 aromatic heterocycles. The molecular weight excluding hydrogens is 520 g/mol. The van der Waals surface area contributed by atoms with Crippen LogP contribution >= 0.6 is 0 Å². The molecule has 2 unspecified atom stereocenters. The third-order valence-corrected chi connectivity index (χ3v) is 9.48. The Morgan fingerprint density at radius 2 is 1.64 bits per heavy atom. The molecular formula is C38H52O4. The number of benzene rings is 1. The summed E-state index contributed by atoms with van der Waals surface area (Å²) in [6, 6.07) is 8.18. The maximum Gasteiger partial charge on any atom is 0.335 e. The molecule has 0 radical (unpaired) electrons. The van der Waals surface area contributed by atoms with Gasteiger partial charge in [-0.15, -0.1) is 0 Å². The lowest BCUT2D eigenvalue weighted by atomic mass is 9.72. The lowest BCUT2D eigenvalue weighted by molar-refractivity contribution is -0.181. The highest BCUT2D eigenvalue weighted by atomic mass is 16.6. The van der Waals surface area contributed by atoms with Crippen LogP contribution in [0.2, 0.25) is 0 Å². The van der Waals surface area contributed by atoms with Crippen LogP contribution in [0.15, 0.2) is 83.0 Å². The lowest BCUT2D eigenvalue weighted by Gasteiger charge is -2.42. The highest BCUT2D eigenvalue weighted by Gasteiger charge is 2.42. The fourth-order valence-electron chi connectivity index (χ4n) is 6.36. The minimum Gasteiger partial charge on any atom is -0.467 e. The quantitative estimate of drug-likeness (QED) is 0.160. The largest absolute Gasteiger partial charge is 0.467 e. The van der Waals surface area contributed by atoms with Gasteiger partial charge in [-0.2, -0.15) is 0 Å². The Balaban J connectivity index is 1.54. The number of methoxy groups -OCH3 is 1. The Kier molecular flexibility index (Phi) is 11.9. The Morgan fingerprint density at radius 3 is 2.29 bits per heavy atom. The fourth-order valence-corrected chi connectivity index (χ4v) is 6.36. The van der Waals surface area contributed by atoms with Crippen LogP contribution in [-0.4, -0.2) is 31.1 Å². The van der Waals surface area contributed by atoms with Crippen LogP contribution in [-0.2, 0) is 31.9 Å². The molecule has 1 heterocycles. The normalized spacial score (nSPS) is 27.1. The van der Waals surface area contributed by atoms with E-state index < -0.39 is 6.10 Å². The van der Waals surface area contributed by atoms with Gasteiger partial charge in [0, 0.05) is 6.42 Å². The van der Waals surface area contributed by atoms with Crippen molar-refractivity contribution in [3.63, 3.8) is 0 Å². The van der Waals surface area contributed by atoms with Crippen LogP contribution in [0.1, 0.15) is 85.8 Å². The summed E-state index contributed by atoms with van der Waals surface area (Å²) in [6.45, 7) is 17.4. The fraction of sp³-hybridized carbons (Fsp3) is 0.526. The number of ketones is 1.